The summed E-state index contributed by atoms with van der Waals surface area (Å²) in [5.74, 6) is -3.15. The van der Waals surface area contributed by atoms with E-state index in [0.717, 1.165) is 9.87 Å². The molecule has 14 heteroatoms. The quantitative estimate of drug-likeness (QED) is 0.241. The number of carbonyl (C=O) groups is 4. The molecule has 2 heterocycles. The topological polar surface area (TPSA) is 179 Å². The number of anilines is 1. The average molecular weight is 604 g/mol. The second-order valence-electron chi connectivity index (χ2n) is 10.7. The third kappa shape index (κ3) is 5.63. The van der Waals surface area contributed by atoms with Crippen molar-refractivity contribution in [1.82, 2.24) is 19.8 Å². The van der Waals surface area contributed by atoms with Crippen molar-refractivity contribution >= 4 is 51.2 Å². The number of benzene rings is 2. The smallest absolute Gasteiger partial charge is 0.327 e. The molecule has 41 heavy (non-hydrogen) atoms. The minimum atomic E-state index is -4.03. The Morgan fingerprint density at radius 2 is 1.76 bits per heavy atom. The fourth-order valence-corrected chi connectivity index (χ4v) is 7.88. The Balaban J connectivity index is 1.54. The number of rotatable bonds is 9. The van der Waals surface area contributed by atoms with Gasteiger partial charge in [-0.1, -0.05) is 29.8 Å². The average Bonchev–Trinajstić information content (AvgIpc) is 3.17. The molecule has 2 aliphatic heterocycles. The van der Waals surface area contributed by atoms with Crippen molar-refractivity contribution in [3.8, 4) is 0 Å². The second-order valence-corrected chi connectivity index (χ2v) is 14.5. The number of nitrogens with one attached hydrogen (secondary N) is 2. The zero-order valence-electron chi connectivity index (χ0n) is 23.2. The molecular formula is C27H33N5O7S2. The van der Waals surface area contributed by atoms with Crippen molar-refractivity contribution in [3.63, 3.8) is 0 Å². The van der Waals surface area contributed by atoms with Gasteiger partial charge in [0.25, 0.3) is 0 Å². The van der Waals surface area contributed by atoms with Crippen molar-refractivity contribution in [2.75, 3.05) is 12.8 Å². The number of carbonyl (C=O) groups excluding carboxylic acids is 3. The molecule has 0 spiro atoms. The van der Waals surface area contributed by atoms with E-state index in [1.54, 1.807) is 44.2 Å². The monoisotopic (exact) mass is 603 g/mol. The van der Waals surface area contributed by atoms with Crippen LogP contribution < -0.4 is 16.4 Å². The third-order valence-corrected chi connectivity index (χ3v) is 10.9. The summed E-state index contributed by atoms with van der Waals surface area (Å²) in [7, 11) is -2.76. The molecule has 5 N–H and O–H groups in total. The van der Waals surface area contributed by atoms with Gasteiger partial charge in [-0.3, -0.25) is 14.4 Å². The van der Waals surface area contributed by atoms with Crippen molar-refractivity contribution in [2.24, 2.45) is 0 Å². The van der Waals surface area contributed by atoms with Gasteiger partial charge in [0.15, 0.2) is 0 Å². The van der Waals surface area contributed by atoms with E-state index in [0.29, 0.717) is 11.3 Å². The predicted molar refractivity (Wildman–Crippen MR) is 153 cm³/mol. The molecule has 2 aromatic rings. The van der Waals surface area contributed by atoms with Crippen LogP contribution in [0.1, 0.15) is 37.9 Å². The number of hydrogen-bond acceptors (Lipinski definition) is 8. The molecule has 12 nitrogen and oxygen atoms in total. The SMILES string of the molecule is Cc1ccc(S(=O)(=O)N(C)C(C)C(=O)NC(C(=O)NC2C(=O)N3[C@@H]2SC(C)(C)[C@@H]3C(=O)O)c2cccc(N)c2)cc1. The van der Waals surface area contributed by atoms with Gasteiger partial charge in [0.05, 0.1) is 4.90 Å². The van der Waals surface area contributed by atoms with E-state index in [1.807, 2.05) is 6.92 Å². The van der Waals surface area contributed by atoms with E-state index >= 15 is 0 Å². The molecule has 5 atom stereocenters. The van der Waals surface area contributed by atoms with Crippen LogP contribution in [0.4, 0.5) is 5.69 Å². The molecular weight excluding hydrogens is 570 g/mol. The number of carboxylic acids is 1. The van der Waals surface area contributed by atoms with Crippen molar-refractivity contribution in [2.45, 2.75) is 66.9 Å². The van der Waals surface area contributed by atoms with Gasteiger partial charge in [0.2, 0.25) is 27.7 Å². The van der Waals surface area contributed by atoms with Crippen LogP contribution in [0.25, 0.3) is 0 Å². The van der Waals surface area contributed by atoms with Crippen LogP contribution in [-0.4, -0.2) is 81.7 Å². The van der Waals surface area contributed by atoms with Crippen LogP contribution in [0, 0.1) is 6.92 Å². The van der Waals surface area contributed by atoms with Gasteiger partial charge in [-0.2, -0.15) is 4.31 Å². The number of aliphatic carboxylic acids is 1. The first kappa shape index (κ1) is 30.3. The minimum absolute atomic E-state index is 0.0140. The molecule has 2 aliphatic rings. The van der Waals surface area contributed by atoms with Gasteiger partial charge in [0.1, 0.15) is 29.5 Å². The lowest BCUT2D eigenvalue weighted by molar-refractivity contribution is -0.161. The maximum atomic E-state index is 13.6. The van der Waals surface area contributed by atoms with Gasteiger partial charge in [-0.15, -0.1) is 11.8 Å². The lowest BCUT2D eigenvalue weighted by Gasteiger charge is -2.44. The zero-order valence-corrected chi connectivity index (χ0v) is 24.8. The summed E-state index contributed by atoms with van der Waals surface area (Å²) < 4.78 is 26.4. The highest BCUT2D eigenvalue weighted by Gasteiger charge is 2.64. The van der Waals surface area contributed by atoms with E-state index in [9.17, 15) is 32.7 Å². The third-order valence-electron chi connectivity index (χ3n) is 7.39. The number of thioether (sulfide) groups is 1. The van der Waals surface area contributed by atoms with Gasteiger partial charge < -0.3 is 26.4 Å². The summed E-state index contributed by atoms with van der Waals surface area (Å²) >= 11 is 1.27. The maximum Gasteiger partial charge on any atom is 0.327 e. The molecule has 0 saturated carbocycles. The highest BCUT2D eigenvalue weighted by Crippen LogP contribution is 2.50. The molecule has 3 unspecified atom stereocenters. The van der Waals surface area contributed by atoms with Crippen molar-refractivity contribution < 1.29 is 32.7 Å². The van der Waals surface area contributed by atoms with Crippen LogP contribution in [0.15, 0.2) is 53.4 Å². The first-order chi connectivity index (χ1) is 19.1. The molecule has 4 rings (SSSR count). The van der Waals surface area contributed by atoms with Gasteiger partial charge in [-0.05, 0) is 57.5 Å². The van der Waals surface area contributed by atoms with Gasteiger partial charge >= 0.3 is 5.97 Å². The summed E-state index contributed by atoms with van der Waals surface area (Å²) in [4.78, 5) is 52.9. The number of nitrogen functional groups attached to an aromatic ring is 1. The van der Waals surface area contributed by atoms with E-state index in [4.69, 9.17) is 5.73 Å². The van der Waals surface area contributed by atoms with E-state index in [2.05, 4.69) is 10.6 Å². The molecule has 2 saturated heterocycles. The fraction of sp³-hybridized carbons (Fsp3) is 0.407. The normalized spacial score (nSPS) is 22.8. The largest absolute Gasteiger partial charge is 0.480 e. The van der Waals surface area contributed by atoms with Crippen molar-refractivity contribution in [3.05, 3.63) is 59.7 Å². The Labute approximate surface area is 242 Å². The lowest BCUT2D eigenvalue weighted by Crippen LogP contribution is -2.71. The second kappa shape index (κ2) is 11.0. The zero-order chi connectivity index (χ0) is 30.4. The summed E-state index contributed by atoms with van der Waals surface area (Å²) in [6.07, 6.45) is 0. The lowest BCUT2D eigenvalue weighted by atomic mass is 9.95. The maximum absolute atomic E-state index is 13.6. The van der Waals surface area contributed by atoms with Crippen LogP contribution in [0.3, 0.4) is 0 Å². The Morgan fingerprint density at radius 3 is 2.34 bits per heavy atom. The molecule has 0 aliphatic carbocycles. The summed E-state index contributed by atoms with van der Waals surface area (Å²) in [6, 6.07) is 7.88. The number of aryl methyl sites for hydroxylation is 1. The first-order valence-electron chi connectivity index (χ1n) is 12.8. The minimum Gasteiger partial charge on any atom is -0.480 e. The standard InChI is InChI=1S/C27H33N5O7S2/c1-14-9-11-18(12-10-14)41(38,39)31(5)15(2)22(33)29-19(16-7-6-8-17(28)13-16)23(34)30-20-24(35)32-21(26(36)37)27(3,4)40-25(20)32/h6-13,15,19-21,25H,28H2,1-5H3,(H,29,33)(H,30,34)(H,36,37)/t15?,19?,20?,21-,25+/m0/s1. The Hall–Kier alpha value is -3.62. The number of amides is 3. The molecule has 0 radical (unpaired) electrons. The fourth-order valence-electron chi connectivity index (χ4n) is 4.93. The number of nitrogens with two attached hydrogens (primary N) is 1. The predicted octanol–water partition coefficient (Wildman–Crippen LogP) is 1.08. The first-order valence-corrected chi connectivity index (χ1v) is 15.1. The number of sulfonamides is 1. The van der Waals surface area contributed by atoms with Crippen molar-refractivity contribution in [1.29, 1.82) is 0 Å². The Kier molecular flexibility index (Phi) is 8.13. The van der Waals surface area contributed by atoms with Crippen LogP contribution in [0.2, 0.25) is 0 Å². The van der Waals surface area contributed by atoms with Gasteiger partial charge in [-0.25, -0.2) is 13.2 Å². The van der Waals surface area contributed by atoms with E-state index in [1.165, 1.54) is 48.8 Å². The highest BCUT2D eigenvalue weighted by atomic mass is 32.2. The number of likely N-dealkylation sites (N-methyl/N-ethyl adjacent to an activating group) is 1. The molecule has 220 valence electrons. The molecule has 0 bridgehead atoms. The van der Waals surface area contributed by atoms with Crippen LogP contribution in [0.5, 0.6) is 0 Å². The number of nitrogens with zero attached hydrogens (tertiary/aromatic N) is 2. The number of β-lactam (4-membered cyclic amide) rings is 1. The molecule has 3 amide bonds. The van der Waals surface area contributed by atoms with Gasteiger partial charge in [0, 0.05) is 17.5 Å². The summed E-state index contributed by atoms with van der Waals surface area (Å²) in [5, 5.41) is 14.3. The molecule has 2 fully saturated rings. The number of fused-ring (bicyclic) bond motifs is 1. The van der Waals surface area contributed by atoms with E-state index < -0.39 is 68.0 Å². The Morgan fingerprint density at radius 1 is 1.12 bits per heavy atom. The number of carboxylic acid groups (broad SMARTS) is 1. The van der Waals surface area contributed by atoms with E-state index in [-0.39, 0.29) is 4.90 Å². The highest BCUT2D eigenvalue weighted by molar-refractivity contribution is 8.01. The van der Waals surface area contributed by atoms with Crippen LogP contribution >= 0.6 is 11.8 Å². The number of hydrogen-bond donors (Lipinski definition) is 4. The Bertz CT molecular complexity index is 1500. The van der Waals surface area contributed by atoms with Crippen LogP contribution in [-0.2, 0) is 29.2 Å². The summed E-state index contributed by atoms with van der Waals surface area (Å²) in [6.45, 7) is 6.66. The molecule has 2 aromatic carbocycles. The molecule has 0 aromatic heterocycles. The summed E-state index contributed by atoms with van der Waals surface area (Å²) in [5.41, 5.74) is 7.44.